The first-order chi connectivity index (χ1) is 16.4. The fourth-order valence-corrected chi connectivity index (χ4v) is 4.44. The van der Waals surface area contributed by atoms with E-state index in [0.717, 1.165) is 55.1 Å². The Morgan fingerprint density at radius 1 is 1.18 bits per heavy atom. The van der Waals surface area contributed by atoms with Crippen LogP contribution >= 0.6 is 11.6 Å². The summed E-state index contributed by atoms with van der Waals surface area (Å²) in [5.41, 5.74) is 5.52. The Labute approximate surface area is 206 Å². The lowest BCUT2D eigenvalue weighted by Gasteiger charge is -2.35. The molecule has 6 nitrogen and oxygen atoms in total. The zero-order chi connectivity index (χ0) is 24.1. The molecule has 0 amide bonds. The van der Waals surface area contributed by atoms with Crippen LogP contribution < -0.4 is 10.2 Å². The van der Waals surface area contributed by atoms with Crippen molar-refractivity contribution in [3.8, 4) is 11.3 Å². The van der Waals surface area contributed by atoms with Gasteiger partial charge in [-0.3, -0.25) is 4.79 Å². The van der Waals surface area contributed by atoms with Crippen LogP contribution in [-0.4, -0.2) is 53.4 Å². The largest absolute Gasteiger partial charge is 0.369 e. The normalized spacial score (nSPS) is 14.1. The second kappa shape index (κ2) is 10.8. The average Bonchev–Trinajstić information content (AvgIpc) is 2.85. The minimum atomic E-state index is -0.0244. The molecule has 2 heterocycles. The van der Waals surface area contributed by atoms with Crippen LogP contribution in [0, 0.1) is 6.92 Å². The van der Waals surface area contributed by atoms with E-state index in [9.17, 15) is 4.79 Å². The van der Waals surface area contributed by atoms with E-state index < -0.39 is 0 Å². The Morgan fingerprint density at radius 3 is 2.71 bits per heavy atom. The average molecular weight is 476 g/mol. The molecule has 0 atom stereocenters. The highest BCUT2D eigenvalue weighted by molar-refractivity contribution is 6.32. The number of halogens is 1. The summed E-state index contributed by atoms with van der Waals surface area (Å²) in [4.78, 5) is 25.8. The summed E-state index contributed by atoms with van der Waals surface area (Å²) in [5.74, 6) is 0.446. The molecule has 1 saturated heterocycles. The van der Waals surface area contributed by atoms with Crippen molar-refractivity contribution >= 4 is 34.7 Å². The van der Waals surface area contributed by atoms with Gasteiger partial charge < -0.3 is 15.1 Å². The Hall–Kier alpha value is -3.22. The van der Waals surface area contributed by atoms with Gasteiger partial charge in [-0.05, 0) is 55.4 Å². The van der Waals surface area contributed by atoms with Crippen LogP contribution in [0.3, 0.4) is 0 Å². The maximum atomic E-state index is 11.9. The number of rotatable bonds is 8. The Bertz CT molecular complexity index is 1190. The van der Waals surface area contributed by atoms with Crippen LogP contribution in [0.15, 0.2) is 61.3 Å². The standard InChI is InChI=1S/C27H30ClN5O/c1-4-24(34)16-20-13-19(3)14-21(15-20)26-25(28)18-29-27(31-26)30-22-7-6-8-23(17-22)33-11-9-32(5-2)10-12-33/h4,6-8,13-15,17-18H,1,5,9-12,16H2,2-3H3,(H,29,30,31). The quantitative estimate of drug-likeness (QED) is 0.447. The maximum absolute atomic E-state index is 11.9. The maximum Gasteiger partial charge on any atom is 0.227 e. The van der Waals surface area contributed by atoms with Crippen molar-refractivity contribution in [1.29, 1.82) is 0 Å². The number of hydrogen-bond donors (Lipinski definition) is 1. The van der Waals surface area contributed by atoms with Gasteiger partial charge in [0.2, 0.25) is 5.95 Å². The highest BCUT2D eigenvalue weighted by Crippen LogP contribution is 2.29. The van der Waals surface area contributed by atoms with Crippen LogP contribution in [0.25, 0.3) is 11.3 Å². The van der Waals surface area contributed by atoms with Crippen molar-refractivity contribution in [2.45, 2.75) is 20.3 Å². The number of aromatic nitrogens is 2. The smallest absolute Gasteiger partial charge is 0.227 e. The van der Waals surface area contributed by atoms with Crippen molar-refractivity contribution in [3.05, 3.63) is 77.5 Å². The third kappa shape index (κ3) is 5.82. The molecule has 1 fully saturated rings. The molecule has 1 N–H and O–H groups in total. The van der Waals surface area contributed by atoms with Crippen molar-refractivity contribution in [3.63, 3.8) is 0 Å². The number of anilines is 3. The molecule has 0 aliphatic carbocycles. The van der Waals surface area contributed by atoms with Crippen LogP contribution in [-0.2, 0) is 11.2 Å². The van der Waals surface area contributed by atoms with Gasteiger partial charge in [-0.25, -0.2) is 9.97 Å². The number of piperazine rings is 1. The third-order valence-electron chi connectivity index (χ3n) is 6.05. The molecule has 1 aliphatic heterocycles. The number of carbonyl (C=O) groups is 1. The fourth-order valence-electron chi connectivity index (χ4n) is 4.24. The van der Waals surface area contributed by atoms with E-state index >= 15 is 0 Å². The molecule has 1 aromatic heterocycles. The molecule has 1 aliphatic rings. The first kappa shape index (κ1) is 23.9. The van der Waals surface area contributed by atoms with Gasteiger partial charge >= 0.3 is 0 Å². The lowest BCUT2D eigenvalue weighted by Crippen LogP contribution is -2.46. The number of aryl methyl sites for hydroxylation is 1. The van der Waals surface area contributed by atoms with Gasteiger partial charge in [0.25, 0.3) is 0 Å². The number of nitrogens with one attached hydrogen (secondary N) is 1. The van der Waals surface area contributed by atoms with Gasteiger partial charge in [0.1, 0.15) is 0 Å². The van der Waals surface area contributed by atoms with Gasteiger partial charge in [0.15, 0.2) is 5.78 Å². The highest BCUT2D eigenvalue weighted by atomic mass is 35.5. The van der Waals surface area contributed by atoms with Crippen molar-refractivity contribution in [2.75, 3.05) is 42.9 Å². The molecule has 176 valence electrons. The van der Waals surface area contributed by atoms with E-state index in [1.54, 1.807) is 6.20 Å². The second-order valence-electron chi connectivity index (χ2n) is 8.54. The molecule has 0 unspecified atom stereocenters. The van der Waals surface area contributed by atoms with Crippen LogP contribution in [0.4, 0.5) is 17.3 Å². The second-order valence-corrected chi connectivity index (χ2v) is 8.95. The summed E-state index contributed by atoms with van der Waals surface area (Å²) < 4.78 is 0. The number of nitrogens with zero attached hydrogens (tertiary/aromatic N) is 4. The topological polar surface area (TPSA) is 61.4 Å². The summed E-state index contributed by atoms with van der Waals surface area (Å²) in [6.07, 6.45) is 3.25. The summed E-state index contributed by atoms with van der Waals surface area (Å²) in [5, 5.41) is 3.78. The fraction of sp³-hybridized carbons (Fsp3) is 0.296. The van der Waals surface area contributed by atoms with Crippen LogP contribution in [0.5, 0.6) is 0 Å². The van der Waals surface area contributed by atoms with Gasteiger partial charge in [-0.1, -0.05) is 42.8 Å². The molecule has 0 bridgehead atoms. The van der Waals surface area contributed by atoms with E-state index in [1.165, 1.54) is 11.8 Å². The van der Waals surface area contributed by atoms with E-state index in [0.29, 0.717) is 23.1 Å². The number of benzene rings is 2. The molecule has 0 spiro atoms. The molecule has 0 radical (unpaired) electrons. The number of ketones is 1. The summed E-state index contributed by atoms with van der Waals surface area (Å²) >= 11 is 6.48. The molecule has 34 heavy (non-hydrogen) atoms. The predicted molar refractivity (Wildman–Crippen MR) is 140 cm³/mol. The molecule has 4 rings (SSSR count). The predicted octanol–water partition coefficient (Wildman–Crippen LogP) is 5.29. The molecular weight excluding hydrogens is 446 g/mol. The molecule has 7 heteroatoms. The molecule has 0 saturated carbocycles. The van der Waals surface area contributed by atoms with Crippen LogP contribution in [0.1, 0.15) is 18.1 Å². The molecule has 3 aromatic rings. The third-order valence-corrected chi connectivity index (χ3v) is 6.32. The Balaban J connectivity index is 1.56. The Kier molecular flexibility index (Phi) is 7.60. The SMILES string of the molecule is C=CC(=O)Cc1cc(C)cc(-c2nc(Nc3cccc(N4CCN(CC)CC4)c3)ncc2Cl)c1. The Morgan fingerprint density at radius 2 is 1.97 bits per heavy atom. The minimum absolute atomic E-state index is 0.0244. The summed E-state index contributed by atoms with van der Waals surface area (Å²) in [7, 11) is 0. The first-order valence-electron chi connectivity index (χ1n) is 11.6. The van der Waals surface area contributed by atoms with Crippen molar-refractivity contribution in [1.82, 2.24) is 14.9 Å². The highest BCUT2D eigenvalue weighted by Gasteiger charge is 2.16. The number of carbonyl (C=O) groups excluding carboxylic acids is 1. The lowest BCUT2D eigenvalue weighted by atomic mass is 10.0. The van der Waals surface area contributed by atoms with E-state index in [1.807, 2.05) is 37.3 Å². The molecular formula is C27H30ClN5O. The molecule has 2 aromatic carbocycles. The monoisotopic (exact) mass is 475 g/mol. The van der Waals surface area contributed by atoms with Gasteiger partial charge in [0.05, 0.1) is 16.9 Å². The van der Waals surface area contributed by atoms with Crippen LogP contribution in [0.2, 0.25) is 5.02 Å². The summed E-state index contributed by atoms with van der Waals surface area (Å²) in [6.45, 7) is 13.0. The van der Waals surface area contributed by atoms with Crippen molar-refractivity contribution < 1.29 is 4.79 Å². The first-order valence-corrected chi connectivity index (χ1v) is 12.0. The van der Waals surface area contributed by atoms with Crippen molar-refractivity contribution in [2.24, 2.45) is 0 Å². The minimum Gasteiger partial charge on any atom is -0.369 e. The van der Waals surface area contributed by atoms with E-state index in [-0.39, 0.29) is 5.78 Å². The number of likely N-dealkylation sites (N-methyl/N-ethyl adjacent to an activating group) is 1. The van der Waals surface area contributed by atoms with Gasteiger partial charge in [0, 0.05) is 49.5 Å². The lowest BCUT2D eigenvalue weighted by molar-refractivity contribution is -0.114. The zero-order valence-corrected chi connectivity index (χ0v) is 20.5. The summed E-state index contributed by atoms with van der Waals surface area (Å²) in [6, 6.07) is 14.3. The van der Waals surface area contributed by atoms with E-state index in [2.05, 4.69) is 45.7 Å². The number of allylic oxidation sites excluding steroid dienone is 1. The van der Waals surface area contributed by atoms with Gasteiger partial charge in [-0.2, -0.15) is 0 Å². The number of hydrogen-bond acceptors (Lipinski definition) is 6. The zero-order valence-electron chi connectivity index (χ0n) is 19.7. The van der Waals surface area contributed by atoms with Gasteiger partial charge in [-0.15, -0.1) is 0 Å². The van der Waals surface area contributed by atoms with E-state index in [4.69, 9.17) is 16.6 Å².